The minimum absolute atomic E-state index is 0.0271. The third kappa shape index (κ3) is 4.05. The van der Waals surface area contributed by atoms with Crippen LogP contribution in [-0.2, 0) is 16.0 Å². The maximum Gasteiger partial charge on any atom is 0.220 e. The van der Waals surface area contributed by atoms with Gasteiger partial charge in [-0.25, -0.2) is 0 Å². The minimum Gasteiger partial charge on any atom is -0.381 e. The number of hydrogen-bond donors (Lipinski definition) is 1. The number of carbonyl (C=O) groups excluding carboxylic acids is 1. The predicted octanol–water partition coefficient (Wildman–Crippen LogP) is 3.06. The quantitative estimate of drug-likeness (QED) is 0.901. The fraction of sp³-hybridized carbons (Fsp3) is 0.667. The fourth-order valence-corrected chi connectivity index (χ4v) is 3.43. The molecule has 2 rings (SSSR count). The van der Waals surface area contributed by atoms with Crippen molar-refractivity contribution in [3.05, 3.63) is 21.9 Å². The van der Waals surface area contributed by atoms with Gasteiger partial charge < -0.3 is 10.1 Å². The van der Waals surface area contributed by atoms with Gasteiger partial charge in [0.1, 0.15) is 0 Å². The molecule has 0 saturated carbocycles. The van der Waals surface area contributed by atoms with Gasteiger partial charge in [0.25, 0.3) is 0 Å². The Labute approximate surface area is 119 Å². The topological polar surface area (TPSA) is 38.3 Å². The largest absolute Gasteiger partial charge is 0.381 e. The SMILES string of the molecule is CCC1(NC(=O)CCc2ccc(C)s2)CCOCC1. The van der Waals surface area contributed by atoms with Gasteiger partial charge in [-0.2, -0.15) is 0 Å². The molecule has 0 aliphatic carbocycles. The third-order valence-corrected chi connectivity index (χ3v) is 4.99. The number of ether oxygens (including phenoxy) is 1. The normalized spacial score (nSPS) is 18.2. The van der Waals surface area contributed by atoms with Crippen molar-refractivity contribution >= 4 is 17.2 Å². The zero-order valence-electron chi connectivity index (χ0n) is 11.8. The summed E-state index contributed by atoms with van der Waals surface area (Å²) in [6.45, 7) is 5.77. The molecular weight excluding hydrogens is 258 g/mol. The molecule has 106 valence electrons. The minimum atomic E-state index is -0.0271. The monoisotopic (exact) mass is 281 g/mol. The fourth-order valence-electron chi connectivity index (χ4n) is 2.54. The number of carbonyl (C=O) groups is 1. The summed E-state index contributed by atoms with van der Waals surface area (Å²) in [4.78, 5) is 14.7. The van der Waals surface area contributed by atoms with Crippen molar-refractivity contribution < 1.29 is 9.53 Å². The van der Waals surface area contributed by atoms with E-state index in [4.69, 9.17) is 4.74 Å². The molecule has 0 spiro atoms. The van der Waals surface area contributed by atoms with Gasteiger partial charge in [0.15, 0.2) is 0 Å². The molecule has 1 aliphatic heterocycles. The van der Waals surface area contributed by atoms with Gasteiger partial charge in [-0.1, -0.05) is 6.92 Å². The van der Waals surface area contributed by atoms with Gasteiger partial charge in [-0.3, -0.25) is 4.79 Å². The molecule has 0 unspecified atom stereocenters. The number of thiophene rings is 1. The lowest BCUT2D eigenvalue weighted by Crippen LogP contribution is -2.51. The first-order valence-corrected chi connectivity index (χ1v) is 7.89. The Bertz CT molecular complexity index is 422. The second-order valence-corrected chi connectivity index (χ2v) is 6.68. The van der Waals surface area contributed by atoms with E-state index in [1.54, 1.807) is 11.3 Å². The molecule has 3 nitrogen and oxygen atoms in total. The van der Waals surface area contributed by atoms with Crippen LogP contribution in [0.25, 0.3) is 0 Å². The molecule has 0 atom stereocenters. The Morgan fingerprint density at radius 1 is 1.42 bits per heavy atom. The van der Waals surface area contributed by atoms with Gasteiger partial charge in [-0.15, -0.1) is 11.3 Å². The van der Waals surface area contributed by atoms with Crippen molar-refractivity contribution in [2.75, 3.05) is 13.2 Å². The highest BCUT2D eigenvalue weighted by Crippen LogP contribution is 2.24. The predicted molar refractivity (Wildman–Crippen MR) is 78.6 cm³/mol. The highest BCUT2D eigenvalue weighted by atomic mass is 32.1. The van der Waals surface area contributed by atoms with E-state index >= 15 is 0 Å². The zero-order chi connectivity index (χ0) is 13.7. The highest BCUT2D eigenvalue weighted by Gasteiger charge is 2.31. The van der Waals surface area contributed by atoms with Crippen LogP contribution < -0.4 is 5.32 Å². The Morgan fingerprint density at radius 3 is 2.74 bits per heavy atom. The molecule has 19 heavy (non-hydrogen) atoms. The van der Waals surface area contributed by atoms with Crippen molar-refractivity contribution in [1.82, 2.24) is 5.32 Å². The maximum absolute atomic E-state index is 12.1. The molecule has 1 aromatic rings. The van der Waals surface area contributed by atoms with Crippen molar-refractivity contribution in [2.24, 2.45) is 0 Å². The molecule has 1 aliphatic rings. The average molecular weight is 281 g/mol. The Morgan fingerprint density at radius 2 is 2.16 bits per heavy atom. The van der Waals surface area contributed by atoms with E-state index in [-0.39, 0.29) is 11.4 Å². The molecule has 1 saturated heterocycles. The Kier molecular flexibility index (Phi) is 4.99. The molecule has 1 N–H and O–H groups in total. The van der Waals surface area contributed by atoms with Gasteiger partial charge in [0, 0.05) is 34.9 Å². The lowest BCUT2D eigenvalue weighted by atomic mass is 9.87. The highest BCUT2D eigenvalue weighted by molar-refractivity contribution is 7.11. The van der Waals surface area contributed by atoms with Gasteiger partial charge in [0.2, 0.25) is 5.91 Å². The van der Waals surface area contributed by atoms with E-state index < -0.39 is 0 Å². The van der Waals surface area contributed by atoms with Crippen LogP contribution in [0.2, 0.25) is 0 Å². The smallest absolute Gasteiger partial charge is 0.220 e. The van der Waals surface area contributed by atoms with Crippen molar-refractivity contribution in [2.45, 2.75) is 51.5 Å². The van der Waals surface area contributed by atoms with Crippen LogP contribution in [0.1, 0.15) is 42.4 Å². The molecule has 0 bridgehead atoms. The summed E-state index contributed by atoms with van der Waals surface area (Å²) in [5.41, 5.74) is -0.0271. The average Bonchev–Trinajstić information content (AvgIpc) is 2.83. The van der Waals surface area contributed by atoms with Crippen molar-refractivity contribution in [1.29, 1.82) is 0 Å². The third-order valence-electron chi connectivity index (χ3n) is 3.93. The van der Waals surface area contributed by atoms with E-state index in [1.807, 2.05) is 0 Å². The first-order valence-electron chi connectivity index (χ1n) is 7.08. The lowest BCUT2D eigenvalue weighted by Gasteiger charge is -2.37. The molecule has 0 aromatic carbocycles. The molecule has 2 heterocycles. The molecular formula is C15H23NO2S. The number of hydrogen-bond acceptors (Lipinski definition) is 3. The summed E-state index contributed by atoms with van der Waals surface area (Å²) in [6, 6.07) is 4.24. The second-order valence-electron chi connectivity index (χ2n) is 5.31. The summed E-state index contributed by atoms with van der Waals surface area (Å²) >= 11 is 1.78. The van der Waals surface area contributed by atoms with Crippen LogP contribution in [0.5, 0.6) is 0 Å². The van der Waals surface area contributed by atoms with Crippen LogP contribution in [-0.4, -0.2) is 24.7 Å². The van der Waals surface area contributed by atoms with Crippen LogP contribution in [0.3, 0.4) is 0 Å². The molecule has 1 fully saturated rings. The summed E-state index contributed by atoms with van der Waals surface area (Å²) in [7, 11) is 0. The second kappa shape index (κ2) is 6.53. The number of aryl methyl sites for hydroxylation is 2. The standard InChI is InChI=1S/C15H23NO2S/c1-3-15(8-10-18-11-9-15)16-14(17)7-6-13-5-4-12(2)19-13/h4-5H,3,6-11H2,1-2H3,(H,16,17). The number of rotatable bonds is 5. The first-order chi connectivity index (χ1) is 9.13. The van der Waals surface area contributed by atoms with Crippen molar-refractivity contribution in [3.63, 3.8) is 0 Å². The van der Waals surface area contributed by atoms with Crippen LogP contribution >= 0.6 is 11.3 Å². The summed E-state index contributed by atoms with van der Waals surface area (Å²) in [5, 5.41) is 3.24. The van der Waals surface area contributed by atoms with Crippen molar-refractivity contribution in [3.8, 4) is 0 Å². The van der Waals surface area contributed by atoms with Crippen LogP contribution in [0.15, 0.2) is 12.1 Å². The number of nitrogens with one attached hydrogen (secondary N) is 1. The van der Waals surface area contributed by atoms with E-state index in [2.05, 4.69) is 31.3 Å². The first kappa shape index (κ1) is 14.5. The van der Waals surface area contributed by atoms with E-state index in [9.17, 15) is 4.79 Å². The van der Waals surface area contributed by atoms with E-state index in [0.29, 0.717) is 6.42 Å². The lowest BCUT2D eigenvalue weighted by molar-refractivity contribution is -0.124. The van der Waals surface area contributed by atoms with Gasteiger partial charge >= 0.3 is 0 Å². The summed E-state index contributed by atoms with van der Waals surface area (Å²) in [6.07, 6.45) is 4.30. The number of amides is 1. The van der Waals surface area contributed by atoms with E-state index in [0.717, 1.165) is 38.9 Å². The van der Waals surface area contributed by atoms with Crippen LogP contribution in [0, 0.1) is 6.92 Å². The van der Waals surface area contributed by atoms with Gasteiger partial charge in [0.05, 0.1) is 0 Å². The zero-order valence-corrected chi connectivity index (χ0v) is 12.6. The molecule has 1 amide bonds. The maximum atomic E-state index is 12.1. The molecule has 1 aromatic heterocycles. The van der Waals surface area contributed by atoms with Crippen LogP contribution in [0.4, 0.5) is 0 Å². The Balaban J connectivity index is 1.82. The molecule has 0 radical (unpaired) electrons. The summed E-state index contributed by atoms with van der Waals surface area (Å²) < 4.78 is 5.39. The Hall–Kier alpha value is -0.870. The van der Waals surface area contributed by atoms with Gasteiger partial charge in [-0.05, 0) is 44.7 Å². The van der Waals surface area contributed by atoms with E-state index in [1.165, 1.54) is 9.75 Å². The molecule has 4 heteroatoms. The summed E-state index contributed by atoms with van der Waals surface area (Å²) in [5.74, 6) is 0.176.